The molecule has 0 atom stereocenters. The second kappa shape index (κ2) is 5.63. The number of fused-ring (bicyclic) bond motifs is 1. The average molecular weight is 283 g/mol. The van der Waals surface area contributed by atoms with Crippen LogP contribution < -0.4 is 10.5 Å². The van der Waals surface area contributed by atoms with Gasteiger partial charge in [-0.3, -0.25) is 0 Å². The highest BCUT2D eigenvalue weighted by atomic mass is 32.2. The zero-order valence-electron chi connectivity index (χ0n) is 10.8. The summed E-state index contributed by atoms with van der Waals surface area (Å²) in [5, 5.41) is 0.863. The minimum Gasteiger partial charge on any atom is -0.489 e. The minimum atomic E-state index is -2.95. The Balaban J connectivity index is 2.11. The van der Waals surface area contributed by atoms with E-state index in [0.29, 0.717) is 24.5 Å². The Morgan fingerprint density at radius 2 is 2.05 bits per heavy atom. The smallest absolute Gasteiger partial charge is 0.169 e. The van der Waals surface area contributed by atoms with E-state index in [1.807, 2.05) is 24.3 Å². The molecule has 0 amide bonds. The van der Waals surface area contributed by atoms with Crippen molar-refractivity contribution in [3.05, 3.63) is 30.0 Å². The van der Waals surface area contributed by atoms with Crippen LogP contribution in [-0.2, 0) is 16.4 Å². The van der Waals surface area contributed by atoms with Crippen molar-refractivity contribution in [1.82, 2.24) is 0 Å². The fourth-order valence-corrected chi connectivity index (χ4v) is 2.50. The summed E-state index contributed by atoms with van der Waals surface area (Å²) < 4.78 is 33.3. The predicted octanol–water partition coefficient (Wildman–Crippen LogP) is 1.70. The maximum Gasteiger partial charge on any atom is 0.169 e. The van der Waals surface area contributed by atoms with Crippen molar-refractivity contribution in [2.24, 2.45) is 5.73 Å². The summed E-state index contributed by atoms with van der Waals surface area (Å²) in [6.07, 6.45) is 1.66. The Morgan fingerprint density at radius 1 is 1.32 bits per heavy atom. The lowest BCUT2D eigenvalue weighted by Crippen LogP contribution is -2.08. The Morgan fingerprint density at radius 3 is 2.74 bits per heavy atom. The summed E-state index contributed by atoms with van der Waals surface area (Å²) in [4.78, 5) is 0. The van der Waals surface area contributed by atoms with E-state index >= 15 is 0 Å². The van der Waals surface area contributed by atoms with Gasteiger partial charge in [-0.25, -0.2) is 8.42 Å². The maximum absolute atomic E-state index is 11.0. The first-order valence-electron chi connectivity index (χ1n) is 6.02. The molecule has 0 saturated carbocycles. The molecule has 0 aliphatic rings. The molecule has 0 aliphatic heterocycles. The number of hydrogen-bond donors (Lipinski definition) is 1. The van der Waals surface area contributed by atoms with Crippen LogP contribution in [0.15, 0.2) is 28.7 Å². The van der Waals surface area contributed by atoms with Gasteiger partial charge in [0.25, 0.3) is 0 Å². The summed E-state index contributed by atoms with van der Waals surface area (Å²) in [6, 6.07) is 7.50. The fourth-order valence-electron chi connectivity index (χ4n) is 1.86. The molecule has 0 bridgehead atoms. The molecule has 0 spiro atoms. The molecule has 6 heteroatoms. The highest BCUT2D eigenvalue weighted by Crippen LogP contribution is 2.32. The SMILES string of the molecule is CS(=O)(=O)CCCOc1c(CN)oc2ccccc12. The molecule has 0 fully saturated rings. The quantitative estimate of drug-likeness (QED) is 0.816. The van der Waals surface area contributed by atoms with Gasteiger partial charge in [0.15, 0.2) is 11.5 Å². The summed E-state index contributed by atoms with van der Waals surface area (Å²) in [5.41, 5.74) is 6.34. The molecule has 0 aliphatic carbocycles. The van der Waals surface area contributed by atoms with Gasteiger partial charge in [0, 0.05) is 6.26 Å². The number of benzene rings is 1. The molecule has 1 heterocycles. The molecule has 1 aromatic heterocycles. The number of sulfone groups is 1. The van der Waals surface area contributed by atoms with Gasteiger partial charge in [-0.1, -0.05) is 12.1 Å². The van der Waals surface area contributed by atoms with E-state index in [4.69, 9.17) is 14.9 Å². The monoisotopic (exact) mass is 283 g/mol. The van der Waals surface area contributed by atoms with Crippen LogP contribution in [0.4, 0.5) is 0 Å². The molecule has 0 unspecified atom stereocenters. The van der Waals surface area contributed by atoms with Crippen LogP contribution in [0, 0.1) is 0 Å². The van der Waals surface area contributed by atoms with Gasteiger partial charge in [-0.2, -0.15) is 0 Å². The topological polar surface area (TPSA) is 82.5 Å². The molecular weight excluding hydrogens is 266 g/mol. The van der Waals surface area contributed by atoms with Crippen molar-refractivity contribution < 1.29 is 17.6 Å². The van der Waals surface area contributed by atoms with E-state index in [1.165, 1.54) is 6.26 Å². The molecule has 2 rings (SSSR count). The van der Waals surface area contributed by atoms with Crippen LogP contribution in [-0.4, -0.2) is 27.0 Å². The van der Waals surface area contributed by atoms with E-state index in [0.717, 1.165) is 11.0 Å². The number of furan rings is 1. The first-order valence-corrected chi connectivity index (χ1v) is 8.08. The number of nitrogens with two attached hydrogens (primary N) is 1. The van der Waals surface area contributed by atoms with Crippen LogP contribution in [0.1, 0.15) is 12.2 Å². The van der Waals surface area contributed by atoms with E-state index in [1.54, 1.807) is 0 Å². The molecule has 5 nitrogen and oxygen atoms in total. The average Bonchev–Trinajstić information content (AvgIpc) is 2.71. The largest absolute Gasteiger partial charge is 0.489 e. The number of ether oxygens (including phenoxy) is 1. The van der Waals surface area contributed by atoms with Gasteiger partial charge in [0.1, 0.15) is 15.4 Å². The van der Waals surface area contributed by atoms with Gasteiger partial charge in [0.05, 0.1) is 24.3 Å². The highest BCUT2D eigenvalue weighted by molar-refractivity contribution is 7.90. The second-order valence-corrected chi connectivity index (χ2v) is 6.65. The Hall–Kier alpha value is -1.53. The molecule has 0 radical (unpaired) electrons. The Kier molecular flexibility index (Phi) is 4.11. The van der Waals surface area contributed by atoms with Crippen LogP contribution >= 0.6 is 0 Å². The van der Waals surface area contributed by atoms with Gasteiger partial charge in [-0.15, -0.1) is 0 Å². The lowest BCUT2D eigenvalue weighted by atomic mass is 10.2. The normalized spacial score (nSPS) is 11.9. The van der Waals surface area contributed by atoms with Gasteiger partial charge < -0.3 is 14.9 Å². The molecule has 2 N–H and O–H groups in total. The van der Waals surface area contributed by atoms with Crippen molar-refractivity contribution >= 4 is 20.8 Å². The van der Waals surface area contributed by atoms with Crippen LogP contribution in [0.3, 0.4) is 0 Å². The van der Waals surface area contributed by atoms with Crippen molar-refractivity contribution in [2.45, 2.75) is 13.0 Å². The summed E-state index contributed by atoms with van der Waals surface area (Å²) in [7, 11) is -2.95. The standard InChI is InChI=1S/C13H17NO4S/c1-19(15,16)8-4-7-17-13-10-5-2-3-6-11(10)18-12(13)9-14/h2-3,5-6H,4,7-9,14H2,1H3. The van der Waals surface area contributed by atoms with Crippen molar-refractivity contribution in [3.8, 4) is 5.75 Å². The molecular formula is C13H17NO4S. The molecule has 1 aromatic carbocycles. The molecule has 19 heavy (non-hydrogen) atoms. The minimum absolute atomic E-state index is 0.112. The van der Waals surface area contributed by atoms with Crippen LogP contribution in [0.5, 0.6) is 5.75 Å². The second-order valence-electron chi connectivity index (χ2n) is 4.39. The van der Waals surface area contributed by atoms with Gasteiger partial charge in [0.2, 0.25) is 0 Å². The zero-order chi connectivity index (χ0) is 13.9. The van der Waals surface area contributed by atoms with Crippen molar-refractivity contribution in [2.75, 3.05) is 18.6 Å². The Labute approximate surface area is 112 Å². The van der Waals surface area contributed by atoms with Crippen molar-refractivity contribution in [1.29, 1.82) is 0 Å². The van der Waals surface area contributed by atoms with Crippen LogP contribution in [0.2, 0.25) is 0 Å². The molecule has 2 aromatic rings. The van der Waals surface area contributed by atoms with Crippen molar-refractivity contribution in [3.63, 3.8) is 0 Å². The number of rotatable bonds is 6. The lowest BCUT2D eigenvalue weighted by Gasteiger charge is -2.05. The van der Waals surface area contributed by atoms with E-state index < -0.39 is 9.84 Å². The maximum atomic E-state index is 11.0. The third-order valence-corrected chi connectivity index (χ3v) is 3.74. The summed E-state index contributed by atoms with van der Waals surface area (Å²) in [5.74, 6) is 1.31. The summed E-state index contributed by atoms with van der Waals surface area (Å²) in [6.45, 7) is 0.569. The number of para-hydroxylation sites is 1. The fraction of sp³-hybridized carbons (Fsp3) is 0.385. The first-order chi connectivity index (χ1) is 9.01. The van der Waals surface area contributed by atoms with Crippen LogP contribution in [0.25, 0.3) is 11.0 Å². The third-order valence-electron chi connectivity index (χ3n) is 2.71. The molecule has 104 valence electrons. The highest BCUT2D eigenvalue weighted by Gasteiger charge is 2.14. The predicted molar refractivity (Wildman–Crippen MR) is 73.9 cm³/mol. The number of hydrogen-bond acceptors (Lipinski definition) is 5. The Bertz CT molecular complexity index is 660. The first kappa shape index (κ1) is 13.9. The van der Waals surface area contributed by atoms with Gasteiger partial charge in [-0.05, 0) is 18.6 Å². The molecule has 0 saturated heterocycles. The zero-order valence-corrected chi connectivity index (χ0v) is 11.6. The van der Waals surface area contributed by atoms with E-state index in [-0.39, 0.29) is 12.3 Å². The summed E-state index contributed by atoms with van der Waals surface area (Å²) >= 11 is 0. The third kappa shape index (κ3) is 3.48. The van der Waals surface area contributed by atoms with E-state index in [2.05, 4.69) is 0 Å². The lowest BCUT2D eigenvalue weighted by molar-refractivity contribution is 0.310. The van der Waals surface area contributed by atoms with Gasteiger partial charge >= 0.3 is 0 Å². The van der Waals surface area contributed by atoms with E-state index in [9.17, 15) is 8.42 Å².